The highest BCUT2D eigenvalue weighted by molar-refractivity contribution is 4.88. The van der Waals surface area contributed by atoms with Crippen molar-refractivity contribution in [1.82, 2.24) is 0 Å². The predicted octanol–water partition coefficient (Wildman–Crippen LogP) is 1.98. The molecule has 0 spiro atoms. The maximum Gasteiger partial charge on any atom is 0.0911 e. The normalized spacial score (nSPS) is 39.0. The first kappa shape index (κ1) is 9.01. The molecule has 2 atom stereocenters. The molecule has 1 rings (SSSR count). The Morgan fingerprint density at radius 2 is 2.00 bits per heavy atom. The molecule has 0 heterocycles. The molecular weight excluding hydrogens is 140 g/mol. The summed E-state index contributed by atoms with van der Waals surface area (Å²) >= 11 is 0. The van der Waals surface area contributed by atoms with Gasteiger partial charge in [0, 0.05) is 14.2 Å². The Balaban J connectivity index is 2.57. The van der Waals surface area contributed by atoms with Gasteiger partial charge in [0.05, 0.1) is 11.7 Å². The minimum atomic E-state index is -0.0347. The Morgan fingerprint density at radius 3 is 2.45 bits per heavy atom. The molecule has 0 aromatic heterocycles. The van der Waals surface area contributed by atoms with E-state index in [1.165, 1.54) is 12.8 Å². The van der Waals surface area contributed by atoms with E-state index in [1.54, 1.807) is 14.2 Å². The predicted molar refractivity (Wildman–Crippen MR) is 44.7 cm³/mol. The van der Waals surface area contributed by atoms with Crippen molar-refractivity contribution in [3.63, 3.8) is 0 Å². The summed E-state index contributed by atoms with van der Waals surface area (Å²) in [5.74, 6) is 0. The summed E-state index contributed by atoms with van der Waals surface area (Å²) < 4.78 is 10.8. The van der Waals surface area contributed by atoms with Crippen molar-refractivity contribution >= 4 is 0 Å². The average molecular weight is 158 g/mol. The summed E-state index contributed by atoms with van der Waals surface area (Å²) in [6.07, 6.45) is 5.10. The van der Waals surface area contributed by atoms with Crippen LogP contribution < -0.4 is 0 Å². The lowest BCUT2D eigenvalue weighted by atomic mass is 9.83. The largest absolute Gasteiger partial charge is 0.378 e. The maximum atomic E-state index is 5.46. The molecule has 0 aromatic carbocycles. The standard InChI is InChI=1S/C9H18O2/c1-9(11-3)7-5-4-6-8(9)10-2/h8H,4-7H2,1-3H3/t8-,9+/m1/s1. The Hall–Kier alpha value is -0.0800. The van der Waals surface area contributed by atoms with Gasteiger partial charge >= 0.3 is 0 Å². The lowest BCUT2D eigenvalue weighted by Crippen LogP contribution is -2.44. The second-order valence-electron chi connectivity index (χ2n) is 3.49. The molecular formula is C9H18O2. The van der Waals surface area contributed by atoms with Gasteiger partial charge in [-0.05, 0) is 19.8 Å². The van der Waals surface area contributed by atoms with Crippen molar-refractivity contribution in [3.05, 3.63) is 0 Å². The van der Waals surface area contributed by atoms with Gasteiger partial charge in [0.25, 0.3) is 0 Å². The van der Waals surface area contributed by atoms with Gasteiger partial charge in [0.1, 0.15) is 0 Å². The van der Waals surface area contributed by atoms with E-state index in [2.05, 4.69) is 6.92 Å². The minimum Gasteiger partial charge on any atom is -0.378 e. The zero-order valence-electron chi connectivity index (χ0n) is 7.72. The molecule has 0 saturated heterocycles. The summed E-state index contributed by atoms with van der Waals surface area (Å²) in [7, 11) is 3.55. The Morgan fingerprint density at radius 1 is 1.27 bits per heavy atom. The van der Waals surface area contributed by atoms with Crippen LogP contribution in [0, 0.1) is 0 Å². The van der Waals surface area contributed by atoms with Crippen LogP contribution in [0.2, 0.25) is 0 Å². The Bertz CT molecular complexity index is 125. The second kappa shape index (κ2) is 3.55. The highest BCUT2D eigenvalue weighted by atomic mass is 16.5. The fraction of sp³-hybridized carbons (Fsp3) is 1.00. The van der Waals surface area contributed by atoms with E-state index < -0.39 is 0 Å². The molecule has 0 bridgehead atoms. The van der Waals surface area contributed by atoms with E-state index in [4.69, 9.17) is 9.47 Å². The number of hydrogen-bond acceptors (Lipinski definition) is 2. The van der Waals surface area contributed by atoms with E-state index in [9.17, 15) is 0 Å². The van der Waals surface area contributed by atoms with Gasteiger partial charge in [-0.15, -0.1) is 0 Å². The molecule has 11 heavy (non-hydrogen) atoms. The van der Waals surface area contributed by atoms with Crippen molar-refractivity contribution in [3.8, 4) is 0 Å². The van der Waals surface area contributed by atoms with Crippen LogP contribution in [0.5, 0.6) is 0 Å². The lowest BCUT2D eigenvalue weighted by molar-refractivity contribution is -0.126. The van der Waals surface area contributed by atoms with Crippen LogP contribution in [-0.4, -0.2) is 25.9 Å². The molecule has 0 aliphatic heterocycles. The molecule has 1 fully saturated rings. The highest BCUT2D eigenvalue weighted by Crippen LogP contribution is 2.32. The topological polar surface area (TPSA) is 18.5 Å². The van der Waals surface area contributed by atoms with Crippen LogP contribution in [0.25, 0.3) is 0 Å². The third kappa shape index (κ3) is 1.74. The van der Waals surface area contributed by atoms with Crippen LogP contribution in [0.3, 0.4) is 0 Å². The van der Waals surface area contributed by atoms with E-state index in [0.717, 1.165) is 12.8 Å². The Labute approximate surface area is 68.9 Å². The molecule has 0 N–H and O–H groups in total. The van der Waals surface area contributed by atoms with Gasteiger partial charge in [0.15, 0.2) is 0 Å². The highest BCUT2D eigenvalue weighted by Gasteiger charge is 2.36. The van der Waals surface area contributed by atoms with Gasteiger partial charge in [0.2, 0.25) is 0 Å². The molecule has 0 radical (unpaired) electrons. The number of methoxy groups -OCH3 is 2. The number of rotatable bonds is 2. The van der Waals surface area contributed by atoms with Gasteiger partial charge in [-0.2, -0.15) is 0 Å². The van der Waals surface area contributed by atoms with Crippen molar-refractivity contribution in [2.45, 2.75) is 44.3 Å². The average Bonchev–Trinajstić information content (AvgIpc) is 2.05. The van der Waals surface area contributed by atoms with Gasteiger partial charge in [-0.3, -0.25) is 0 Å². The molecule has 1 saturated carbocycles. The molecule has 2 heteroatoms. The zero-order valence-corrected chi connectivity index (χ0v) is 7.72. The molecule has 0 aromatic rings. The summed E-state index contributed by atoms with van der Waals surface area (Å²) in [5, 5.41) is 0. The number of hydrogen-bond donors (Lipinski definition) is 0. The molecule has 0 unspecified atom stereocenters. The van der Waals surface area contributed by atoms with Crippen LogP contribution in [-0.2, 0) is 9.47 Å². The number of ether oxygens (including phenoxy) is 2. The van der Waals surface area contributed by atoms with Crippen LogP contribution in [0.4, 0.5) is 0 Å². The minimum absolute atomic E-state index is 0.0347. The Kier molecular flexibility index (Phi) is 2.90. The van der Waals surface area contributed by atoms with E-state index in [-0.39, 0.29) is 5.60 Å². The van der Waals surface area contributed by atoms with Crippen LogP contribution >= 0.6 is 0 Å². The first-order valence-corrected chi connectivity index (χ1v) is 4.31. The van der Waals surface area contributed by atoms with Crippen molar-refractivity contribution in [1.29, 1.82) is 0 Å². The van der Waals surface area contributed by atoms with E-state index in [1.807, 2.05) is 0 Å². The third-order valence-electron chi connectivity index (χ3n) is 2.82. The maximum absolute atomic E-state index is 5.46. The van der Waals surface area contributed by atoms with Crippen LogP contribution in [0.1, 0.15) is 32.6 Å². The van der Waals surface area contributed by atoms with Gasteiger partial charge in [-0.1, -0.05) is 12.8 Å². The summed E-state index contributed by atoms with van der Waals surface area (Å²) in [4.78, 5) is 0. The second-order valence-corrected chi connectivity index (χ2v) is 3.49. The monoisotopic (exact) mass is 158 g/mol. The van der Waals surface area contributed by atoms with E-state index >= 15 is 0 Å². The van der Waals surface area contributed by atoms with Crippen molar-refractivity contribution in [2.75, 3.05) is 14.2 Å². The molecule has 0 amide bonds. The smallest absolute Gasteiger partial charge is 0.0911 e. The summed E-state index contributed by atoms with van der Waals surface area (Å²) in [6.45, 7) is 2.14. The fourth-order valence-corrected chi connectivity index (χ4v) is 1.87. The van der Waals surface area contributed by atoms with Crippen molar-refractivity contribution < 1.29 is 9.47 Å². The lowest BCUT2D eigenvalue weighted by Gasteiger charge is -2.39. The van der Waals surface area contributed by atoms with Gasteiger partial charge in [-0.25, -0.2) is 0 Å². The van der Waals surface area contributed by atoms with Crippen LogP contribution in [0.15, 0.2) is 0 Å². The quantitative estimate of drug-likeness (QED) is 0.611. The molecule has 1 aliphatic carbocycles. The summed E-state index contributed by atoms with van der Waals surface area (Å²) in [6, 6.07) is 0. The first-order chi connectivity index (χ1) is 5.23. The molecule has 2 nitrogen and oxygen atoms in total. The SMILES string of the molecule is CO[C@@H]1CCCC[C@]1(C)OC. The van der Waals surface area contributed by atoms with E-state index in [0.29, 0.717) is 6.10 Å². The summed E-state index contributed by atoms with van der Waals surface area (Å²) in [5.41, 5.74) is -0.0347. The zero-order chi connectivity index (χ0) is 8.32. The molecule has 66 valence electrons. The first-order valence-electron chi connectivity index (χ1n) is 4.31. The molecule has 1 aliphatic rings. The fourth-order valence-electron chi connectivity index (χ4n) is 1.87. The van der Waals surface area contributed by atoms with Gasteiger partial charge < -0.3 is 9.47 Å². The van der Waals surface area contributed by atoms with Crippen molar-refractivity contribution in [2.24, 2.45) is 0 Å². The third-order valence-corrected chi connectivity index (χ3v) is 2.82.